The normalized spacial score (nSPS) is 33.4. The Labute approximate surface area is 113 Å². The van der Waals surface area contributed by atoms with Crippen LogP contribution in [0.2, 0.25) is 0 Å². The minimum atomic E-state index is -1.01. The van der Waals surface area contributed by atoms with Gasteiger partial charge in [-0.05, 0) is 30.7 Å². The van der Waals surface area contributed by atoms with Crippen LogP contribution in [0.25, 0.3) is 0 Å². The van der Waals surface area contributed by atoms with E-state index in [1.807, 2.05) is 24.3 Å². The van der Waals surface area contributed by atoms with E-state index < -0.39 is 5.97 Å². The van der Waals surface area contributed by atoms with Crippen molar-refractivity contribution in [3.8, 4) is 5.75 Å². The van der Waals surface area contributed by atoms with Gasteiger partial charge in [-0.2, -0.15) is 0 Å². The van der Waals surface area contributed by atoms with Crippen LogP contribution < -0.4 is 4.74 Å². The summed E-state index contributed by atoms with van der Waals surface area (Å²) in [5, 5.41) is 0. The Morgan fingerprint density at radius 3 is 2.11 bits per heavy atom. The third kappa shape index (κ3) is 2.14. The molecule has 0 unspecified atom stereocenters. The lowest BCUT2D eigenvalue weighted by atomic mass is 9.84. The molecule has 3 aliphatic heterocycles. The molecule has 0 aromatic heterocycles. The van der Waals surface area contributed by atoms with Crippen LogP contribution in [0.3, 0.4) is 0 Å². The van der Waals surface area contributed by atoms with Gasteiger partial charge in [0.1, 0.15) is 5.75 Å². The van der Waals surface area contributed by atoms with E-state index in [2.05, 4.69) is 6.92 Å². The quantitative estimate of drug-likeness (QED) is 0.838. The Balaban J connectivity index is 1.79. The van der Waals surface area contributed by atoms with Gasteiger partial charge >= 0.3 is 5.97 Å². The summed E-state index contributed by atoms with van der Waals surface area (Å²) in [6.07, 6.45) is 2.19. The molecule has 0 spiro atoms. The second-order valence-corrected chi connectivity index (χ2v) is 5.40. The van der Waals surface area contributed by atoms with Crippen molar-refractivity contribution in [2.24, 2.45) is 5.41 Å². The van der Waals surface area contributed by atoms with E-state index in [0.717, 1.165) is 24.2 Å². The molecule has 3 fully saturated rings. The average molecular weight is 264 g/mol. The second-order valence-electron chi connectivity index (χ2n) is 5.40. The van der Waals surface area contributed by atoms with Crippen LogP contribution >= 0.6 is 0 Å². The zero-order chi connectivity index (χ0) is 13.3. The Kier molecular flexibility index (Phi) is 3.25. The highest BCUT2D eigenvalue weighted by Crippen LogP contribution is 2.46. The third-order valence-corrected chi connectivity index (χ3v) is 3.93. The van der Waals surface area contributed by atoms with E-state index >= 15 is 0 Å². The van der Waals surface area contributed by atoms with Crippen molar-refractivity contribution in [1.82, 2.24) is 0 Å². The number of hydrogen-bond donors (Lipinski definition) is 0. The Bertz CT molecular complexity index is 415. The van der Waals surface area contributed by atoms with E-state index in [1.165, 1.54) is 0 Å². The minimum Gasteiger partial charge on any atom is -0.497 e. The first-order valence-electron chi connectivity index (χ1n) is 6.78. The molecule has 3 heterocycles. The summed E-state index contributed by atoms with van der Waals surface area (Å²) in [5.74, 6) is -0.200. The van der Waals surface area contributed by atoms with Gasteiger partial charge < -0.3 is 18.9 Å². The molecule has 4 heteroatoms. The van der Waals surface area contributed by atoms with Gasteiger partial charge in [0.25, 0.3) is 0 Å². The van der Waals surface area contributed by atoms with Crippen LogP contribution in [-0.4, -0.2) is 26.9 Å². The number of fused-ring (bicyclic) bond motifs is 3. The molecule has 0 radical (unpaired) electrons. The Morgan fingerprint density at radius 2 is 1.63 bits per heavy atom. The molecule has 3 aliphatic rings. The zero-order valence-electron chi connectivity index (χ0n) is 11.5. The molecule has 104 valence electrons. The largest absolute Gasteiger partial charge is 0.497 e. The predicted octanol–water partition coefficient (Wildman–Crippen LogP) is 2.67. The Hall–Kier alpha value is -1.10. The lowest BCUT2D eigenvalue weighted by Crippen LogP contribution is -2.58. The highest BCUT2D eigenvalue weighted by atomic mass is 16.9. The van der Waals surface area contributed by atoms with E-state index in [-0.39, 0.29) is 5.41 Å². The van der Waals surface area contributed by atoms with Crippen LogP contribution in [0.15, 0.2) is 24.3 Å². The van der Waals surface area contributed by atoms with Crippen molar-refractivity contribution in [3.63, 3.8) is 0 Å². The summed E-state index contributed by atoms with van der Waals surface area (Å²) in [7, 11) is 1.65. The minimum absolute atomic E-state index is 0.0446. The van der Waals surface area contributed by atoms with Crippen molar-refractivity contribution < 1.29 is 18.9 Å². The fraction of sp³-hybridized carbons (Fsp3) is 0.600. The number of methoxy groups -OCH3 is 1. The second kappa shape index (κ2) is 4.78. The number of rotatable bonds is 4. The van der Waals surface area contributed by atoms with E-state index in [0.29, 0.717) is 19.8 Å². The molecule has 1 aromatic rings. The van der Waals surface area contributed by atoms with Gasteiger partial charge in [-0.25, -0.2) is 0 Å². The first-order chi connectivity index (χ1) is 9.22. The molecule has 3 saturated heterocycles. The molecule has 0 amide bonds. The van der Waals surface area contributed by atoms with Crippen molar-refractivity contribution in [2.75, 3.05) is 26.9 Å². The average Bonchev–Trinajstić information content (AvgIpc) is 2.49. The maximum atomic E-state index is 5.89. The molecule has 1 aromatic carbocycles. The molecule has 0 saturated carbocycles. The summed E-state index contributed by atoms with van der Waals surface area (Å²) in [6, 6.07) is 7.64. The molecule has 0 aliphatic carbocycles. The maximum Gasteiger partial charge on any atom is 0.312 e. The number of benzene rings is 1. The SMILES string of the molecule is CCCC12COC(c3ccc(OC)cc3)(OC1)OC2. The predicted molar refractivity (Wildman–Crippen MR) is 69.9 cm³/mol. The Morgan fingerprint density at radius 1 is 1.05 bits per heavy atom. The maximum absolute atomic E-state index is 5.89. The van der Waals surface area contributed by atoms with Crippen molar-refractivity contribution in [1.29, 1.82) is 0 Å². The highest BCUT2D eigenvalue weighted by Gasteiger charge is 2.53. The fourth-order valence-electron chi connectivity index (χ4n) is 2.79. The molecular formula is C15H20O4. The van der Waals surface area contributed by atoms with Gasteiger partial charge in [0.05, 0.1) is 26.9 Å². The topological polar surface area (TPSA) is 36.9 Å². The first-order valence-corrected chi connectivity index (χ1v) is 6.78. The highest BCUT2D eigenvalue weighted by molar-refractivity contribution is 5.29. The molecular weight excluding hydrogens is 244 g/mol. The van der Waals surface area contributed by atoms with E-state index in [9.17, 15) is 0 Å². The van der Waals surface area contributed by atoms with Gasteiger partial charge in [0, 0.05) is 11.0 Å². The molecule has 0 N–H and O–H groups in total. The summed E-state index contributed by atoms with van der Waals surface area (Å²) in [4.78, 5) is 0. The van der Waals surface area contributed by atoms with Crippen LogP contribution in [0.5, 0.6) is 5.75 Å². The van der Waals surface area contributed by atoms with Crippen molar-refractivity contribution in [2.45, 2.75) is 25.7 Å². The fourth-order valence-corrected chi connectivity index (χ4v) is 2.79. The van der Waals surface area contributed by atoms with Crippen molar-refractivity contribution in [3.05, 3.63) is 29.8 Å². The van der Waals surface area contributed by atoms with E-state index in [1.54, 1.807) is 7.11 Å². The molecule has 19 heavy (non-hydrogen) atoms. The summed E-state index contributed by atoms with van der Waals surface area (Å²) < 4.78 is 22.8. The standard InChI is InChI=1S/C15H20O4/c1-3-8-14-9-17-15(18-10-14,19-11-14)12-4-6-13(16-2)7-5-12/h4-7H,3,8-11H2,1-2H3. The molecule has 0 atom stereocenters. The first kappa shape index (κ1) is 12.9. The van der Waals surface area contributed by atoms with Crippen molar-refractivity contribution >= 4 is 0 Å². The monoisotopic (exact) mass is 264 g/mol. The zero-order valence-corrected chi connectivity index (χ0v) is 11.5. The van der Waals surface area contributed by atoms with Gasteiger partial charge in [-0.1, -0.05) is 13.3 Å². The van der Waals surface area contributed by atoms with Gasteiger partial charge in [-0.15, -0.1) is 0 Å². The lowest BCUT2D eigenvalue weighted by molar-refractivity contribution is -0.480. The number of hydrogen-bond acceptors (Lipinski definition) is 4. The third-order valence-electron chi connectivity index (χ3n) is 3.93. The smallest absolute Gasteiger partial charge is 0.312 e. The van der Waals surface area contributed by atoms with Gasteiger partial charge in [0.2, 0.25) is 0 Å². The van der Waals surface area contributed by atoms with Crippen LogP contribution in [0, 0.1) is 5.41 Å². The number of ether oxygens (including phenoxy) is 4. The van der Waals surface area contributed by atoms with Gasteiger partial charge in [-0.3, -0.25) is 0 Å². The van der Waals surface area contributed by atoms with E-state index in [4.69, 9.17) is 18.9 Å². The summed E-state index contributed by atoms with van der Waals surface area (Å²) in [6.45, 7) is 4.28. The van der Waals surface area contributed by atoms with Gasteiger partial charge in [0.15, 0.2) is 0 Å². The van der Waals surface area contributed by atoms with Crippen LogP contribution in [0.1, 0.15) is 25.3 Å². The lowest BCUT2D eigenvalue weighted by Gasteiger charge is -2.51. The summed E-state index contributed by atoms with van der Waals surface area (Å²) in [5.41, 5.74) is 0.932. The molecule has 4 rings (SSSR count). The summed E-state index contributed by atoms with van der Waals surface area (Å²) >= 11 is 0. The van der Waals surface area contributed by atoms with Crippen LogP contribution in [-0.2, 0) is 20.2 Å². The molecule has 2 bridgehead atoms. The van der Waals surface area contributed by atoms with Crippen LogP contribution in [0.4, 0.5) is 0 Å². The molecule has 4 nitrogen and oxygen atoms in total.